The van der Waals surface area contributed by atoms with Crippen molar-refractivity contribution in [3.63, 3.8) is 0 Å². The molecule has 8 heteroatoms. The maximum Gasteiger partial charge on any atom is 0.417 e. The Morgan fingerprint density at radius 3 is 2.85 bits per heavy atom. The van der Waals surface area contributed by atoms with Crippen molar-refractivity contribution in [1.82, 2.24) is 9.97 Å². The van der Waals surface area contributed by atoms with Crippen LogP contribution in [0.25, 0.3) is 10.6 Å². The zero-order valence-corrected chi connectivity index (χ0v) is 11.2. The zero-order chi connectivity index (χ0) is 14.8. The van der Waals surface area contributed by atoms with Crippen LogP contribution in [0.15, 0.2) is 23.8 Å². The van der Waals surface area contributed by atoms with Crippen molar-refractivity contribution in [3.8, 4) is 10.6 Å². The van der Waals surface area contributed by atoms with Crippen LogP contribution in [-0.2, 0) is 10.9 Å². The minimum atomic E-state index is -4.47. The molecule has 0 aromatic carbocycles. The third-order valence-corrected chi connectivity index (χ3v) is 3.26. The van der Waals surface area contributed by atoms with E-state index in [1.165, 1.54) is 5.38 Å². The van der Waals surface area contributed by atoms with Gasteiger partial charge in [-0.2, -0.15) is 13.2 Å². The first-order valence-electron chi connectivity index (χ1n) is 5.62. The highest BCUT2D eigenvalue weighted by Gasteiger charge is 2.34. The van der Waals surface area contributed by atoms with E-state index in [2.05, 4.69) is 9.97 Å². The number of aromatic nitrogens is 2. The van der Waals surface area contributed by atoms with Gasteiger partial charge in [0.05, 0.1) is 12.2 Å². The van der Waals surface area contributed by atoms with Gasteiger partial charge in [-0.05, 0) is 13.0 Å². The molecule has 2 aromatic rings. The fourth-order valence-electron chi connectivity index (χ4n) is 1.53. The average molecular weight is 301 g/mol. The van der Waals surface area contributed by atoms with Crippen LogP contribution in [0.2, 0.25) is 0 Å². The van der Waals surface area contributed by atoms with E-state index in [0.29, 0.717) is 6.61 Å². The van der Waals surface area contributed by atoms with Crippen molar-refractivity contribution in [2.75, 3.05) is 6.61 Å². The second kappa shape index (κ2) is 5.58. The number of alkyl halides is 3. The molecule has 0 fully saturated rings. The number of thiazole rings is 1. The van der Waals surface area contributed by atoms with Crippen molar-refractivity contribution < 1.29 is 17.9 Å². The maximum atomic E-state index is 12.9. The molecule has 0 aliphatic carbocycles. The summed E-state index contributed by atoms with van der Waals surface area (Å²) in [5.41, 5.74) is -0.680. The molecular formula is C12H10F3N3OS. The predicted octanol–water partition coefficient (Wildman–Crippen LogP) is 3.59. The van der Waals surface area contributed by atoms with Crippen LogP contribution in [0.3, 0.4) is 0 Å². The Bertz CT molecular complexity index is 624. The van der Waals surface area contributed by atoms with Crippen LogP contribution in [0, 0.1) is 5.41 Å². The first-order chi connectivity index (χ1) is 9.43. The highest BCUT2D eigenvalue weighted by Crippen LogP contribution is 2.37. The molecule has 0 atom stereocenters. The summed E-state index contributed by atoms with van der Waals surface area (Å²) in [6.45, 7) is 2.01. The van der Waals surface area contributed by atoms with Crippen molar-refractivity contribution in [3.05, 3.63) is 35.1 Å². The zero-order valence-electron chi connectivity index (χ0n) is 10.4. The van der Waals surface area contributed by atoms with E-state index in [9.17, 15) is 13.2 Å². The van der Waals surface area contributed by atoms with Gasteiger partial charge in [0.1, 0.15) is 10.7 Å². The van der Waals surface area contributed by atoms with E-state index in [-0.39, 0.29) is 22.2 Å². The number of nitrogens with zero attached hydrogens (tertiary/aromatic N) is 2. The van der Waals surface area contributed by atoms with E-state index >= 15 is 0 Å². The Morgan fingerprint density at radius 2 is 2.20 bits per heavy atom. The molecule has 0 saturated heterocycles. The number of halogens is 3. The fourth-order valence-corrected chi connectivity index (χ4v) is 2.36. The number of nitrogens with one attached hydrogen (secondary N) is 1. The highest BCUT2D eigenvalue weighted by atomic mass is 32.1. The van der Waals surface area contributed by atoms with Crippen molar-refractivity contribution >= 4 is 17.2 Å². The molecule has 2 rings (SSSR count). The Labute approximate surface area is 116 Å². The highest BCUT2D eigenvalue weighted by molar-refractivity contribution is 7.13. The van der Waals surface area contributed by atoms with E-state index in [1.54, 1.807) is 6.92 Å². The number of pyridine rings is 1. The first-order valence-corrected chi connectivity index (χ1v) is 6.50. The normalized spacial score (nSPS) is 11.4. The summed E-state index contributed by atoms with van der Waals surface area (Å²) in [5.74, 6) is -0.160. The lowest BCUT2D eigenvalue weighted by Crippen LogP contribution is -2.08. The van der Waals surface area contributed by atoms with Crippen molar-refractivity contribution in [2.45, 2.75) is 13.1 Å². The van der Waals surface area contributed by atoms with Gasteiger partial charge >= 0.3 is 6.18 Å². The molecule has 0 amide bonds. The lowest BCUT2D eigenvalue weighted by Gasteiger charge is -2.09. The first kappa shape index (κ1) is 14.4. The molecule has 2 heterocycles. The molecule has 0 bridgehead atoms. The van der Waals surface area contributed by atoms with Gasteiger partial charge in [-0.25, -0.2) is 4.98 Å². The van der Waals surface area contributed by atoms with E-state index < -0.39 is 11.7 Å². The van der Waals surface area contributed by atoms with Gasteiger partial charge in [-0.3, -0.25) is 10.4 Å². The smallest absolute Gasteiger partial charge is 0.417 e. The van der Waals surface area contributed by atoms with Crippen LogP contribution < -0.4 is 0 Å². The van der Waals surface area contributed by atoms with Crippen LogP contribution in [0.4, 0.5) is 13.2 Å². The number of rotatable bonds is 3. The Kier molecular flexibility index (Phi) is 4.03. The summed E-state index contributed by atoms with van der Waals surface area (Å²) >= 11 is 1.02. The third kappa shape index (κ3) is 2.96. The standard InChI is InChI=1S/C12H10F3N3OS/c1-2-19-10(16)9-6-20-11(18-9)7-5-17-4-3-8(7)12(13,14)15/h3-6,16H,2H2,1H3. The van der Waals surface area contributed by atoms with E-state index in [1.807, 2.05) is 0 Å². The molecule has 2 aromatic heterocycles. The molecule has 1 N–H and O–H groups in total. The molecular weight excluding hydrogens is 291 g/mol. The van der Waals surface area contributed by atoms with Gasteiger partial charge in [-0.1, -0.05) is 0 Å². The molecule has 0 aliphatic rings. The maximum absolute atomic E-state index is 12.9. The fraction of sp³-hybridized carbons (Fsp3) is 0.250. The lowest BCUT2D eigenvalue weighted by atomic mass is 10.1. The van der Waals surface area contributed by atoms with Crippen LogP contribution >= 0.6 is 11.3 Å². The molecule has 0 saturated carbocycles. The SMILES string of the molecule is CCOC(=N)c1csc(-c2cnccc2C(F)(F)F)n1. The number of ether oxygens (including phenoxy) is 1. The van der Waals surface area contributed by atoms with E-state index in [4.69, 9.17) is 10.1 Å². The van der Waals surface area contributed by atoms with Crippen LogP contribution in [0.5, 0.6) is 0 Å². The summed E-state index contributed by atoms with van der Waals surface area (Å²) < 4.78 is 43.7. The third-order valence-electron chi connectivity index (χ3n) is 2.38. The summed E-state index contributed by atoms with van der Waals surface area (Å²) in [7, 11) is 0. The minimum absolute atomic E-state index is 0.0967. The largest absolute Gasteiger partial charge is 0.477 e. The molecule has 0 aliphatic heterocycles. The minimum Gasteiger partial charge on any atom is -0.477 e. The molecule has 106 valence electrons. The Morgan fingerprint density at radius 1 is 1.45 bits per heavy atom. The van der Waals surface area contributed by atoms with Crippen LogP contribution in [0.1, 0.15) is 18.2 Å². The molecule has 0 unspecified atom stereocenters. The molecule has 0 radical (unpaired) electrons. The Hall–Kier alpha value is -1.96. The number of hydrogen-bond donors (Lipinski definition) is 1. The van der Waals surface area contributed by atoms with Crippen molar-refractivity contribution in [1.29, 1.82) is 5.41 Å². The molecule has 4 nitrogen and oxygen atoms in total. The predicted molar refractivity (Wildman–Crippen MR) is 68.8 cm³/mol. The van der Waals surface area contributed by atoms with Crippen molar-refractivity contribution in [2.24, 2.45) is 0 Å². The summed E-state index contributed by atoms with van der Waals surface area (Å²) in [5, 5.41) is 9.21. The second-order valence-corrected chi connectivity index (χ2v) is 4.58. The Balaban J connectivity index is 2.41. The van der Waals surface area contributed by atoms with Gasteiger partial charge in [0.15, 0.2) is 0 Å². The monoisotopic (exact) mass is 301 g/mol. The van der Waals surface area contributed by atoms with Gasteiger partial charge in [0.25, 0.3) is 0 Å². The summed E-state index contributed by atoms with van der Waals surface area (Å²) in [6.07, 6.45) is -2.27. The van der Waals surface area contributed by atoms with Gasteiger partial charge in [-0.15, -0.1) is 11.3 Å². The summed E-state index contributed by atoms with van der Waals surface area (Å²) in [4.78, 5) is 7.71. The number of hydrogen-bond acceptors (Lipinski definition) is 5. The van der Waals surface area contributed by atoms with Gasteiger partial charge in [0, 0.05) is 23.3 Å². The lowest BCUT2D eigenvalue weighted by molar-refractivity contribution is -0.137. The quantitative estimate of drug-likeness (QED) is 0.696. The summed E-state index contributed by atoms with van der Waals surface area (Å²) in [6, 6.07) is 0.907. The van der Waals surface area contributed by atoms with E-state index in [0.717, 1.165) is 29.8 Å². The topological polar surface area (TPSA) is 58.9 Å². The van der Waals surface area contributed by atoms with Gasteiger partial charge < -0.3 is 4.74 Å². The second-order valence-electron chi connectivity index (χ2n) is 3.72. The van der Waals surface area contributed by atoms with Crippen LogP contribution in [-0.4, -0.2) is 22.5 Å². The molecule has 20 heavy (non-hydrogen) atoms. The average Bonchev–Trinajstić information content (AvgIpc) is 2.87. The molecule has 0 spiro atoms. The van der Waals surface area contributed by atoms with Gasteiger partial charge in [0.2, 0.25) is 5.90 Å².